The van der Waals surface area contributed by atoms with Gasteiger partial charge in [0.2, 0.25) is 0 Å². The minimum absolute atomic E-state index is 0.968. The summed E-state index contributed by atoms with van der Waals surface area (Å²) in [5, 5.41) is 0. The second kappa shape index (κ2) is 6.69. The predicted molar refractivity (Wildman–Crippen MR) is 107 cm³/mol. The first-order chi connectivity index (χ1) is 12.2. The van der Waals surface area contributed by atoms with Gasteiger partial charge in [0.1, 0.15) is 5.82 Å². The van der Waals surface area contributed by atoms with Gasteiger partial charge in [-0.15, -0.1) is 0 Å². The first-order valence-electron chi connectivity index (χ1n) is 8.20. The van der Waals surface area contributed by atoms with E-state index < -0.39 is 0 Å². The Balaban J connectivity index is 2.03. The first-order valence-corrected chi connectivity index (χ1v) is 8.99. The lowest BCUT2D eigenvalue weighted by Crippen LogP contribution is -1.99. The van der Waals surface area contributed by atoms with E-state index in [-0.39, 0.29) is 0 Å². The van der Waals surface area contributed by atoms with E-state index in [1.54, 1.807) is 0 Å². The quantitative estimate of drug-likeness (QED) is 0.403. The highest BCUT2D eigenvalue weighted by Gasteiger charge is 2.19. The Labute approximate surface area is 155 Å². The van der Waals surface area contributed by atoms with E-state index in [2.05, 4.69) is 94.2 Å². The monoisotopic (exact) mass is 388 g/mol. The fourth-order valence-corrected chi connectivity index (χ4v) is 3.51. The molecule has 0 atom stereocenters. The number of aromatic nitrogens is 2. The fraction of sp³-hybridized carbons (Fsp3) is 0.0455. The standard InChI is InChI=1S/C22H17BrN2/c1-16-24-21(17-9-4-2-5-10-17)22(18-11-6-3-7-12-18)25(16)20-14-8-13-19(23)15-20/h2-15H,1H3. The van der Waals surface area contributed by atoms with Crippen molar-refractivity contribution in [3.05, 3.63) is 95.2 Å². The molecule has 0 amide bonds. The summed E-state index contributed by atoms with van der Waals surface area (Å²) in [4.78, 5) is 4.91. The molecule has 1 heterocycles. The zero-order chi connectivity index (χ0) is 17.2. The van der Waals surface area contributed by atoms with Crippen molar-refractivity contribution >= 4 is 15.9 Å². The summed E-state index contributed by atoms with van der Waals surface area (Å²) in [5.41, 5.74) is 5.49. The van der Waals surface area contributed by atoms with Crippen LogP contribution < -0.4 is 0 Å². The van der Waals surface area contributed by atoms with Crippen molar-refractivity contribution in [2.45, 2.75) is 6.92 Å². The van der Waals surface area contributed by atoms with Crippen molar-refractivity contribution in [1.29, 1.82) is 0 Å². The molecule has 1 aromatic heterocycles. The van der Waals surface area contributed by atoms with Crippen molar-refractivity contribution in [2.75, 3.05) is 0 Å². The van der Waals surface area contributed by atoms with Gasteiger partial charge in [0.25, 0.3) is 0 Å². The van der Waals surface area contributed by atoms with Gasteiger partial charge in [0.05, 0.1) is 11.4 Å². The van der Waals surface area contributed by atoms with Crippen molar-refractivity contribution in [2.24, 2.45) is 0 Å². The molecule has 0 aliphatic carbocycles. The zero-order valence-electron chi connectivity index (χ0n) is 13.9. The third-order valence-electron chi connectivity index (χ3n) is 4.21. The van der Waals surface area contributed by atoms with Crippen molar-refractivity contribution in [1.82, 2.24) is 9.55 Å². The molecule has 0 radical (unpaired) electrons. The highest BCUT2D eigenvalue weighted by atomic mass is 79.9. The molecule has 0 saturated carbocycles. The molecular formula is C22H17BrN2. The third kappa shape index (κ3) is 3.03. The summed E-state index contributed by atoms with van der Waals surface area (Å²) in [7, 11) is 0. The van der Waals surface area contributed by atoms with Crippen LogP contribution in [0.15, 0.2) is 89.4 Å². The lowest BCUT2D eigenvalue weighted by molar-refractivity contribution is 0.979. The molecule has 0 saturated heterocycles. The van der Waals surface area contributed by atoms with Crippen LogP contribution in [0.1, 0.15) is 5.82 Å². The van der Waals surface area contributed by atoms with E-state index in [0.717, 1.165) is 38.5 Å². The van der Waals surface area contributed by atoms with E-state index in [1.165, 1.54) is 0 Å². The number of halogens is 1. The third-order valence-corrected chi connectivity index (χ3v) is 4.70. The van der Waals surface area contributed by atoms with Gasteiger partial charge >= 0.3 is 0 Å². The summed E-state index contributed by atoms with van der Waals surface area (Å²) >= 11 is 3.58. The smallest absolute Gasteiger partial charge is 0.111 e. The first kappa shape index (κ1) is 15.9. The summed E-state index contributed by atoms with van der Waals surface area (Å²) in [6.07, 6.45) is 0. The normalized spacial score (nSPS) is 10.8. The highest BCUT2D eigenvalue weighted by molar-refractivity contribution is 9.10. The second-order valence-corrected chi connectivity index (χ2v) is 6.82. The van der Waals surface area contributed by atoms with E-state index in [0.29, 0.717) is 0 Å². The van der Waals surface area contributed by atoms with Gasteiger partial charge in [-0.1, -0.05) is 82.7 Å². The second-order valence-electron chi connectivity index (χ2n) is 5.90. The Morgan fingerprint density at radius 3 is 2.04 bits per heavy atom. The molecule has 0 bridgehead atoms. The van der Waals surface area contributed by atoms with Gasteiger partial charge in [-0.3, -0.25) is 4.57 Å². The lowest BCUT2D eigenvalue weighted by atomic mass is 10.0. The number of hydrogen-bond donors (Lipinski definition) is 0. The molecule has 0 N–H and O–H groups in total. The van der Waals surface area contributed by atoms with Gasteiger partial charge < -0.3 is 0 Å². The van der Waals surface area contributed by atoms with Crippen LogP contribution in [-0.4, -0.2) is 9.55 Å². The minimum Gasteiger partial charge on any atom is -0.296 e. The maximum atomic E-state index is 4.91. The molecule has 4 aromatic rings. The highest BCUT2D eigenvalue weighted by Crippen LogP contribution is 2.35. The van der Waals surface area contributed by atoms with Gasteiger partial charge in [-0.25, -0.2) is 4.98 Å². The summed E-state index contributed by atoms with van der Waals surface area (Å²) < 4.78 is 3.28. The predicted octanol–water partition coefficient (Wildman–Crippen LogP) is 6.28. The molecule has 122 valence electrons. The van der Waals surface area contributed by atoms with Crippen molar-refractivity contribution < 1.29 is 0 Å². The van der Waals surface area contributed by atoms with Crippen molar-refractivity contribution in [3.63, 3.8) is 0 Å². The molecule has 0 unspecified atom stereocenters. The van der Waals surface area contributed by atoms with Crippen LogP contribution in [0.25, 0.3) is 28.2 Å². The minimum atomic E-state index is 0.968. The van der Waals surface area contributed by atoms with Gasteiger partial charge in [0.15, 0.2) is 0 Å². The molecule has 0 aliphatic rings. The molecule has 0 aliphatic heterocycles. The van der Waals surface area contributed by atoms with Gasteiger partial charge in [0, 0.05) is 21.3 Å². The topological polar surface area (TPSA) is 17.8 Å². The Morgan fingerprint density at radius 1 is 0.760 bits per heavy atom. The van der Waals surface area contributed by atoms with Crippen LogP contribution in [0.2, 0.25) is 0 Å². The van der Waals surface area contributed by atoms with Crippen LogP contribution in [-0.2, 0) is 0 Å². The molecule has 0 fully saturated rings. The van der Waals surface area contributed by atoms with Crippen LogP contribution in [0.3, 0.4) is 0 Å². The Hall–Kier alpha value is -2.65. The number of aryl methyl sites for hydroxylation is 1. The number of rotatable bonds is 3. The van der Waals surface area contributed by atoms with Gasteiger partial charge in [-0.05, 0) is 25.1 Å². The van der Waals surface area contributed by atoms with Crippen LogP contribution >= 0.6 is 15.9 Å². The number of imidazole rings is 1. The van der Waals surface area contributed by atoms with E-state index in [1.807, 2.05) is 18.2 Å². The molecule has 3 aromatic carbocycles. The number of hydrogen-bond acceptors (Lipinski definition) is 1. The summed E-state index contributed by atoms with van der Waals surface area (Å²) in [5.74, 6) is 0.968. The largest absolute Gasteiger partial charge is 0.296 e. The van der Waals surface area contributed by atoms with Crippen LogP contribution in [0.4, 0.5) is 0 Å². The molecule has 3 heteroatoms. The molecule has 0 spiro atoms. The van der Waals surface area contributed by atoms with E-state index in [9.17, 15) is 0 Å². The average Bonchev–Trinajstić information content (AvgIpc) is 3.00. The number of nitrogens with zero attached hydrogens (tertiary/aromatic N) is 2. The molecular weight excluding hydrogens is 372 g/mol. The molecule has 25 heavy (non-hydrogen) atoms. The van der Waals surface area contributed by atoms with Crippen LogP contribution in [0.5, 0.6) is 0 Å². The maximum Gasteiger partial charge on any atom is 0.111 e. The molecule has 4 rings (SSSR count). The van der Waals surface area contributed by atoms with E-state index in [4.69, 9.17) is 4.98 Å². The van der Waals surface area contributed by atoms with Crippen LogP contribution in [0, 0.1) is 6.92 Å². The molecule has 2 nitrogen and oxygen atoms in total. The van der Waals surface area contributed by atoms with Crippen molar-refractivity contribution in [3.8, 4) is 28.2 Å². The Bertz CT molecular complexity index is 1000. The number of benzene rings is 3. The van der Waals surface area contributed by atoms with Gasteiger partial charge in [-0.2, -0.15) is 0 Å². The lowest BCUT2D eigenvalue weighted by Gasteiger charge is -2.12. The summed E-state index contributed by atoms with van der Waals surface area (Å²) in [6.45, 7) is 2.06. The Morgan fingerprint density at radius 2 is 1.40 bits per heavy atom. The average molecular weight is 389 g/mol. The Kier molecular flexibility index (Phi) is 4.24. The zero-order valence-corrected chi connectivity index (χ0v) is 15.4. The fourth-order valence-electron chi connectivity index (χ4n) is 3.12. The maximum absolute atomic E-state index is 4.91. The summed E-state index contributed by atoms with van der Waals surface area (Å²) in [6, 6.07) is 29.1. The SMILES string of the molecule is Cc1nc(-c2ccccc2)c(-c2ccccc2)n1-c1cccc(Br)c1. The van der Waals surface area contributed by atoms with E-state index >= 15 is 0 Å².